The van der Waals surface area contributed by atoms with Crippen LogP contribution in [0.15, 0.2) is 81.4 Å². The van der Waals surface area contributed by atoms with E-state index >= 15 is 0 Å². The van der Waals surface area contributed by atoms with E-state index in [0.29, 0.717) is 5.76 Å². The summed E-state index contributed by atoms with van der Waals surface area (Å²) in [4.78, 5) is 0. The quantitative estimate of drug-likeness (QED) is 0.269. The standard InChI is InChI=1S/C27H28N4O/c1-19-9-11-24(12-10-19)30(4)28-17-23-15-22-16-26(32-27(22)14-21(23)3)18-29-31(5)25-8-6-7-20(2)13-25/h6-18H,1-5H3/b28-17-,29-18-. The number of anilines is 2. The highest BCUT2D eigenvalue weighted by molar-refractivity contribution is 5.93. The zero-order chi connectivity index (χ0) is 22.7. The predicted molar refractivity (Wildman–Crippen MR) is 135 cm³/mol. The van der Waals surface area contributed by atoms with Gasteiger partial charge in [0.15, 0.2) is 0 Å². The molecule has 0 aliphatic heterocycles. The third-order valence-electron chi connectivity index (χ3n) is 5.44. The zero-order valence-electron chi connectivity index (χ0n) is 19.2. The first kappa shape index (κ1) is 21.4. The molecule has 0 bridgehead atoms. The van der Waals surface area contributed by atoms with Crippen LogP contribution in [0, 0.1) is 20.8 Å². The minimum atomic E-state index is 0.713. The predicted octanol–water partition coefficient (Wildman–Crippen LogP) is 6.30. The zero-order valence-corrected chi connectivity index (χ0v) is 19.2. The third kappa shape index (κ3) is 4.89. The molecule has 162 valence electrons. The fourth-order valence-electron chi connectivity index (χ4n) is 3.44. The largest absolute Gasteiger partial charge is 0.455 e. The van der Waals surface area contributed by atoms with Gasteiger partial charge in [-0.15, -0.1) is 0 Å². The van der Waals surface area contributed by atoms with E-state index in [2.05, 4.69) is 73.4 Å². The Hall–Kier alpha value is -3.86. The molecule has 0 amide bonds. The van der Waals surface area contributed by atoms with Crippen LogP contribution < -0.4 is 10.0 Å². The monoisotopic (exact) mass is 424 g/mol. The number of hydrogen-bond donors (Lipinski definition) is 0. The number of nitrogens with zero attached hydrogens (tertiary/aromatic N) is 4. The van der Waals surface area contributed by atoms with Gasteiger partial charge in [0.25, 0.3) is 0 Å². The van der Waals surface area contributed by atoms with E-state index < -0.39 is 0 Å². The van der Waals surface area contributed by atoms with Crippen molar-refractivity contribution in [2.24, 2.45) is 10.2 Å². The lowest BCUT2D eigenvalue weighted by molar-refractivity contribution is 0.607. The fourth-order valence-corrected chi connectivity index (χ4v) is 3.44. The van der Waals surface area contributed by atoms with Crippen molar-refractivity contribution >= 4 is 34.8 Å². The average molecular weight is 425 g/mol. The van der Waals surface area contributed by atoms with Crippen molar-refractivity contribution in [3.05, 3.63) is 94.7 Å². The highest BCUT2D eigenvalue weighted by Crippen LogP contribution is 2.23. The number of furan rings is 1. The molecule has 1 heterocycles. The maximum atomic E-state index is 5.99. The van der Waals surface area contributed by atoms with Gasteiger partial charge in [0, 0.05) is 19.5 Å². The van der Waals surface area contributed by atoms with Gasteiger partial charge in [-0.3, -0.25) is 10.0 Å². The van der Waals surface area contributed by atoms with Crippen LogP contribution in [0.2, 0.25) is 0 Å². The molecular formula is C27H28N4O. The number of rotatable bonds is 6. The Labute approximate surface area is 189 Å². The molecule has 1 aromatic heterocycles. The van der Waals surface area contributed by atoms with Crippen molar-refractivity contribution in [1.29, 1.82) is 0 Å². The minimum absolute atomic E-state index is 0.713. The Balaban J connectivity index is 1.53. The molecule has 0 aliphatic rings. The van der Waals surface area contributed by atoms with Gasteiger partial charge in [-0.25, -0.2) is 0 Å². The van der Waals surface area contributed by atoms with Crippen LogP contribution in [0.4, 0.5) is 11.4 Å². The summed E-state index contributed by atoms with van der Waals surface area (Å²) in [5, 5.41) is 13.9. The van der Waals surface area contributed by atoms with Crippen molar-refractivity contribution < 1.29 is 4.42 Å². The first-order valence-corrected chi connectivity index (χ1v) is 10.6. The lowest BCUT2D eigenvalue weighted by atomic mass is 10.1. The minimum Gasteiger partial charge on any atom is -0.455 e. The van der Waals surface area contributed by atoms with Crippen LogP contribution >= 0.6 is 0 Å². The van der Waals surface area contributed by atoms with Crippen molar-refractivity contribution in [2.75, 3.05) is 24.1 Å². The Morgan fingerprint density at radius 2 is 1.44 bits per heavy atom. The van der Waals surface area contributed by atoms with E-state index in [4.69, 9.17) is 4.42 Å². The second-order valence-corrected chi connectivity index (χ2v) is 8.11. The molecule has 0 saturated carbocycles. The van der Waals surface area contributed by atoms with Gasteiger partial charge in [0.05, 0.1) is 23.8 Å². The van der Waals surface area contributed by atoms with Crippen LogP contribution in [0.25, 0.3) is 11.0 Å². The third-order valence-corrected chi connectivity index (χ3v) is 5.44. The molecule has 0 atom stereocenters. The molecule has 5 heteroatoms. The summed E-state index contributed by atoms with van der Waals surface area (Å²) in [6.07, 6.45) is 3.64. The van der Waals surface area contributed by atoms with Crippen LogP contribution in [-0.4, -0.2) is 26.5 Å². The lowest BCUT2D eigenvalue weighted by Gasteiger charge is -2.13. The molecule has 5 nitrogen and oxygen atoms in total. The maximum absolute atomic E-state index is 5.99. The molecule has 0 saturated heterocycles. The summed E-state index contributed by atoms with van der Waals surface area (Å²) >= 11 is 0. The molecule has 0 N–H and O–H groups in total. The van der Waals surface area contributed by atoms with E-state index in [-0.39, 0.29) is 0 Å². The van der Waals surface area contributed by atoms with Crippen molar-refractivity contribution in [1.82, 2.24) is 0 Å². The second kappa shape index (κ2) is 9.10. The van der Waals surface area contributed by atoms with Crippen LogP contribution in [0.1, 0.15) is 28.0 Å². The van der Waals surface area contributed by atoms with Crippen molar-refractivity contribution in [3.63, 3.8) is 0 Å². The maximum Gasteiger partial charge on any atom is 0.148 e. The fraction of sp³-hybridized carbons (Fsp3) is 0.185. The number of hydrazone groups is 2. The molecular weight excluding hydrogens is 396 g/mol. The van der Waals surface area contributed by atoms with E-state index in [9.17, 15) is 0 Å². The Morgan fingerprint density at radius 3 is 2.19 bits per heavy atom. The highest BCUT2D eigenvalue weighted by Gasteiger charge is 2.07. The number of benzene rings is 3. The first-order valence-electron chi connectivity index (χ1n) is 10.6. The summed E-state index contributed by atoms with van der Waals surface area (Å²) in [5.41, 5.74) is 7.51. The van der Waals surface area contributed by atoms with E-state index in [1.54, 1.807) is 6.21 Å². The van der Waals surface area contributed by atoms with E-state index in [0.717, 1.165) is 33.5 Å². The molecule has 4 aromatic rings. The Morgan fingerprint density at radius 1 is 0.719 bits per heavy atom. The van der Waals surface area contributed by atoms with Gasteiger partial charge in [-0.1, -0.05) is 29.8 Å². The van der Waals surface area contributed by atoms with E-state index in [1.165, 1.54) is 11.1 Å². The molecule has 4 rings (SSSR count). The lowest BCUT2D eigenvalue weighted by Crippen LogP contribution is -2.08. The topological polar surface area (TPSA) is 44.3 Å². The molecule has 0 unspecified atom stereocenters. The van der Waals surface area contributed by atoms with E-state index in [1.807, 2.05) is 54.6 Å². The van der Waals surface area contributed by atoms with Gasteiger partial charge >= 0.3 is 0 Å². The molecule has 0 fully saturated rings. The van der Waals surface area contributed by atoms with Gasteiger partial charge in [0.1, 0.15) is 11.3 Å². The molecule has 32 heavy (non-hydrogen) atoms. The number of hydrogen-bond acceptors (Lipinski definition) is 5. The normalized spacial score (nSPS) is 11.7. The van der Waals surface area contributed by atoms with Gasteiger partial charge in [-0.2, -0.15) is 10.2 Å². The molecule has 0 radical (unpaired) electrons. The summed E-state index contributed by atoms with van der Waals surface area (Å²) < 4.78 is 5.99. The average Bonchev–Trinajstić information content (AvgIpc) is 3.17. The summed E-state index contributed by atoms with van der Waals surface area (Å²) in [6.45, 7) is 6.21. The molecule has 3 aromatic carbocycles. The summed E-state index contributed by atoms with van der Waals surface area (Å²) in [5.74, 6) is 0.713. The highest BCUT2D eigenvalue weighted by atomic mass is 16.3. The van der Waals surface area contributed by atoms with Gasteiger partial charge in [-0.05, 0) is 79.9 Å². The van der Waals surface area contributed by atoms with Crippen LogP contribution in [0.5, 0.6) is 0 Å². The molecule has 0 aliphatic carbocycles. The van der Waals surface area contributed by atoms with Gasteiger partial charge < -0.3 is 4.42 Å². The summed E-state index contributed by atoms with van der Waals surface area (Å²) in [6, 6.07) is 22.7. The SMILES string of the molecule is Cc1ccc(N(C)/N=C\c2cc3cc(/C=N\N(C)c4cccc(C)c4)oc3cc2C)cc1. The number of aryl methyl sites for hydroxylation is 3. The van der Waals surface area contributed by atoms with Crippen LogP contribution in [0.3, 0.4) is 0 Å². The van der Waals surface area contributed by atoms with Gasteiger partial charge in [0.2, 0.25) is 0 Å². The van der Waals surface area contributed by atoms with Crippen LogP contribution in [-0.2, 0) is 0 Å². The molecule has 0 spiro atoms. The smallest absolute Gasteiger partial charge is 0.148 e. The number of fused-ring (bicyclic) bond motifs is 1. The summed E-state index contributed by atoms with van der Waals surface area (Å²) in [7, 11) is 3.88. The Bertz CT molecular complexity index is 1290. The van der Waals surface area contributed by atoms with Crippen molar-refractivity contribution in [3.8, 4) is 0 Å². The van der Waals surface area contributed by atoms with Crippen molar-refractivity contribution in [2.45, 2.75) is 20.8 Å². The second-order valence-electron chi connectivity index (χ2n) is 8.11. The Kier molecular flexibility index (Phi) is 6.08. The first-order chi connectivity index (χ1) is 15.4.